The third-order valence-electron chi connectivity index (χ3n) is 2.88. The summed E-state index contributed by atoms with van der Waals surface area (Å²) in [5, 5.41) is 6.41. The Morgan fingerprint density at radius 1 is 1.29 bits per heavy atom. The zero-order valence-corrected chi connectivity index (χ0v) is 9.07. The lowest BCUT2D eigenvalue weighted by Gasteiger charge is -2.29. The number of hydrogen-bond donors (Lipinski definition) is 1. The number of nitrogens with two attached hydrogens (primary N) is 1. The topological polar surface area (TPSA) is 68.2 Å². The number of nitrogens with zero attached hydrogens (tertiary/aromatic N) is 3. The SMILES string of the molecule is NCC1CCN(c2nnc(C(F)(F)F)o2)CC1. The van der Waals surface area contributed by atoms with Crippen molar-refractivity contribution >= 4 is 6.01 Å². The highest BCUT2D eigenvalue weighted by atomic mass is 19.4. The van der Waals surface area contributed by atoms with Crippen molar-refractivity contribution in [3.63, 3.8) is 0 Å². The number of piperidine rings is 1. The van der Waals surface area contributed by atoms with Gasteiger partial charge in [0.2, 0.25) is 0 Å². The Bertz CT molecular complexity index is 371. The molecule has 0 aromatic carbocycles. The Balaban J connectivity index is 2.02. The molecule has 96 valence electrons. The summed E-state index contributed by atoms with van der Waals surface area (Å²) in [5.74, 6) is -0.871. The van der Waals surface area contributed by atoms with Crippen LogP contribution in [0.4, 0.5) is 19.2 Å². The number of halogens is 3. The Labute approximate surface area is 95.8 Å². The molecule has 1 saturated heterocycles. The molecule has 0 unspecified atom stereocenters. The van der Waals surface area contributed by atoms with Crippen LogP contribution >= 0.6 is 0 Å². The van der Waals surface area contributed by atoms with Crippen molar-refractivity contribution in [3.8, 4) is 0 Å². The van der Waals surface area contributed by atoms with Crippen LogP contribution in [0.3, 0.4) is 0 Å². The molecule has 1 aliphatic heterocycles. The highest BCUT2D eigenvalue weighted by Gasteiger charge is 2.38. The van der Waals surface area contributed by atoms with E-state index in [9.17, 15) is 13.2 Å². The van der Waals surface area contributed by atoms with Gasteiger partial charge >= 0.3 is 18.1 Å². The average Bonchev–Trinajstić information content (AvgIpc) is 2.78. The van der Waals surface area contributed by atoms with Crippen LogP contribution in [-0.2, 0) is 6.18 Å². The number of aromatic nitrogens is 2. The molecule has 1 aliphatic rings. The summed E-state index contributed by atoms with van der Waals surface area (Å²) in [5.41, 5.74) is 5.53. The van der Waals surface area contributed by atoms with E-state index in [2.05, 4.69) is 14.6 Å². The van der Waals surface area contributed by atoms with Gasteiger partial charge in [-0.3, -0.25) is 0 Å². The lowest BCUT2D eigenvalue weighted by molar-refractivity contribution is -0.157. The van der Waals surface area contributed by atoms with Crippen LogP contribution in [0.2, 0.25) is 0 Å². The smallest absolute Gasteiger partial charge is 0.399 e. The lowest BCUT2D eigenvalue weighted by atomic mass is 9.97. The van der Waals surface area contributed by atoms with E-state index >= 15 is 0 Å². The van der Waals surface area contributed by atoms with E-state index in [0.717, 1.165) is 12.8 Å². The van der Waals surface area contributed by atoms with Crippen LogP contribution < -0.4 is 10.6 Å². The van der Waals surface area contributed by atoms with E-state index in [4.69, 9.17) is 5.73 Å². The molecular formula is C9H13F3N4O. The fourth-order valence-electron chi connectivity index (χ4n) is 1.82. The summed E-state index contributed by atoms with van der Waals surface area (Å²) >= 11 is 0. The van der Waals surface area contributed by atoms with Gasteiger partial charge in [0, 0.05) is 13.1 Å². The Hall–Kier alpha value is -1.31. The van der Waals surface area contributed by atoms with Crippen molar-refractivity contribution < 1.29 is 17.6 Å². The van der Waals surface area contributed by atoms with Gasteiger partial charge in [-0.05, 0) is 25.3 Å². The second kappa shape index (κ2) is 4.52. The molecule has 1 aromatic heterocycles. The first-order valence-electron chi connectivity index (χ1n) is 5.36. The van der Waals surface area contributed by atoms with Crippen molar-refractivity contribution in [2.24, 2.45) is 11.7 Å². The van der Waals surface area contributed by atoms with Crippen molar-refractivity contribution in [3.05, 3.63) is 5.89 Å². The van der Waals surface area contributed by atoms with Gasteiger partial charge in [-0.15, -0.1) is 5.10 Å². The Morgan fingerprint density at radius 2 is 1.94 bits per heavy atom. The average molecular weight is 250 g/mol. The van der Waals surface area contributed by atoms with Gasteiger partial charge < -0.3 is 15.1 Å². The minimum atomic E-state index is -4.58. The van der Waals surface area contributed by atoms with Crippen molar-refractivity contribution in [2.75, 3.05) is 24.5 Å². The number of rotatable bonds is 2. The quantitative estimate of drug-likeness (QED) is 0.855. The van der Waals surface area contributed by atoms with Crippen molar-refractivity contribution in [1.29, 1.82) is 0 Å². The lowest BCUT2D eigenvalue weighted by Crippen LogP contribution is -2.36. The van der Waals surface area contributed by atoms with E-state index in [0.29, 0.717) is 25.6 Å². The molecule has 5 nitrogen and oxygen atoms in total. The maximum absolute atomic E-state index is 12.3. The largest absolute Gasteiger partial charge is 0.470 e. The van der Waals surface area contributed by atoms with Crippen LogP contribution in [0.1, 0.15) is 18.7 Å². The monoisotopic (exact) mass is 250 g/mol. The zero-order chi connectivity index (χ0) is 12.5. The molecule has 0 bridgehead atoms. The summed E-state index contributed by atoms with van der Waals surface area (Å²) in [6.45, 7) is 1.80. The summed E-state index contributed by atoms with van der Waals surface area (Å²) < 4.78 is 41.4. The fraction of sp³-hybridized carbons (Fsp3) is 0.778. The summed E-state index contributed by atoms with van der Waals surface area (Å²) in [4.78, 5) is 1.66. The van der Waals surface area contributed by atoms with Gasteiger partial charge in [0.05, 0.1) is 0 Å². The summed E-state index contributed by atoms with van der Waals surface area (Å²) in [6, 6.07) is -0.0622. The maximum Gasteiger partial charge on any atom is 0.470 e. The molecule has 0 saturated carbocycles. The Kier molecular flexibility index (Phi) is 3.23. The fourth-order valence-corrected chi connectivity index (χ4v) is 1.82. The van der Waals surface area contributed by atoms with Crippen LogP contribution in [-0.4, -0.2) is 29.8 Å². The first kappa shape index (κ1) is 12.2. The number of alkyl halides is 3. The molecule has 17 heavy (non-hydrogen) atoms. The van der Waals surface area contributed by atoms with E-state index in [-0.39, 0.29) is 6.01 Å². The number of anilines is 1. The third-order valence-corrected chi connectivity index (χ3v) is 2.88. The highest BCUT2D eigenvalue weighted by molar-refractivity contribution is 5.25. The van der Waals surface area contributed by atoms with Gasteiger partial charge in [-0.2, -0.15) is 13.2 Å². The molecule has 1 aromatic rings. The second-order valence-corrected chi connectivity index (χ2v) is 4.05. The molecule has 2 heterocycles. The first-order chi connectivity index (χ1) is 8.00. The predicted octanol–water partition coefficient (Wildman–Crippen LogP) is 1.26. The summed E-state index contributed by atoms with van der Waals surface area (Å²) in [6.07, 6.45) is -2.92. The zero-order valence-electron chi connectivity index (χ0n) is 9.07. The first-order valence-corrected chi connectivity index (χ1v) is 5.36. The van der Waals surface area contributed by atoms with Gasteiger partial charge in [0.1, 0.15) is 0 Å². The molecule has 0 radical (unpaired) electrons. The van der Waals surface area contributed by atoms with Gasteiger partial charge in [0.25, 0.3) is 0 Å². The van der Waals surface area contributed by atoms with Crippen LogP contribution in [0.5, 0.6) is 0 Å². The molecule has 0 atom stereocenters. The standard InChI is InChI=1S/C9H13F3N4O/c10-9(11,12)7-14-15-8(17-7)16-3-1-6(5-13)2-4-16/h6H,1-5,13H2. The molecule has 2 rings (SSSR count). The molecule has 0 aliphatic carbocycles. The minimum absolute atomic E-state index is 0.0622. The maximum atomic E-state index is 12.3. The third kappa shape index (κ3) is 2.68. The molecule has 8 heteroatoms. The van der Waals surface area contributed by atoms with Crippen LogP contribution in [0.25, 0.3) is 0 Å². The summed E-state index contributed by atoms with van der Waals surface area (Å²) in [7, 11) is 0. The van der Waals surface area contributed by atoms with Crippen LogP contribution in [0.15, 0.2) is 4.42 Å². The predicted molar refractivity (Wildman–Crippen MR) is 53.3 cm³/mol. The van der Waals surface area contributed by atoms with Gasteiger partial charge in [-0.25, -0.2) is 0 Å². The molecule has 0 spiro atoms. The van der Waals surface area contributed by atoms with E-state index < -0.39 is 12.1 Å². The van der Waals surface area contributed by atoms with Crippen LogP contribution in [0, 0.1) is 5.92 Å². The number of hydrogen-bond acceptors (Lipinski definition) is 5. The normalized spacial score (nSPS) is 18.7. The highest BCUT2D eigenvalue weighted by Crippen LogP contribution is 2.30. The van der Waals surface area contributed by atoms with Gasteiger partial charge in [-0.1, -0.05) is 5.10 Å². The Morgan fingerprint density at radius 3 is 2.41 bits per heavy atom. The van der Waals surface area contributed by atoms with Crippen molar-refractivity contribution in [2.45, 2.75) is 19.0 Å². The molecular weight excluding hydrogens is 237 g/mol. The van der Waals surface area contributed by atoms with Crippen molar-refractivity contribution in [1.82, 2.24) is 10.2 Å². The second-order valence-electron chi connectivity index (χ2n) is 4.05. The van der Waals surface area contributed by atoms with E-state index in [1.54, 1.807) is 4.90 Å². The molecule has 2 N–H and O–H groups in total. The minimum Gasteiger partial charge on any atom is -0.399 e. The van der Waals surface area contributed by atoms with E-state index in [1.807, 2.05) is 0 Å². The molecule has 1 fully saturated rings. The van der Waals surface area contributed by atoms with Gasteiger partial charge in [0.15, 0.2) is 0 Å². The molecule has 0 amide bonds. The van der Waals surface area contributed by atoms with E-state index in [1.165, 1.54) is 0 Å².